The molecule has 0 radical (unpaired) electrons. The van der Waals surface area contributed by atoms with Crippen LogP contribution in [0.1, 0.15) is 45.6 Å². The highest BCUT2D eigenvalue weighted by molar-refractivity contribution is 5.79. The first-order valence-electron chi connectivity index (χ1n) is 11.9. The molecule has 0 aliphatic heterocycles. The summed E-state index contributed by atoms with van der Waals surface area (Å²) >= 11 is 0. The minimum absolute atomic E-state index is 0. The van der Waals surface area contributed by atoms with Crippen molar-refractivity contribution in [3.63, 3.8) is 0 Å². The van der Waals surface area contributed by atoms with E-state index in [1.54, 1.807) is 0 Å². The van der Waals surface area contributed by atoms with E-state index < -0.39 is 11.7 Å². The molecule has 1 heterocycles. The number of ether oxygens (including phenoxy) is 1. The predicted molar refractivity (Wildman–Crippen MR) is 125 cm³/mol. The summed E-state index contributed by atoms with van der Waals surface area (Å²) in [6, 6.07) is 12.7. The zero-order valence-electron chi connectivity index (χ0n) is 20.5. The molecule has 190 valence electrons. The van der Waals surface area contributed by atoms with Crippen LogP contribution in [0.2, 0.25) is 0 Å². The summed E-state index contributed by atoms with van der Waals surface area (Å²) in [6.45, 7) is 6.53. The number of carbonyl (C=O) groups is 1. The first-order valence-corrected chi connectivity index (χ1v) is 11.9. The lowest BCUT2D eigenvalue weighted by molar-refractivity contribution is -0.634. The average Bonchev–Trinajstić information content (AvgIpc) is 3.04. The van der Waals surface area contributed by atoms with Gasteiger partial charge in [-0.05, 0) is 67.0 Å². The number of rotatable bonds is 5. The second-order valence-corrected chi connectivity index (χ2v) is 9.89. The van der Waals surface area contributed by atoms with Crippen LogP contribution in [0.15, 0.2) is 48.5 Å². The Morgan fingerprint density at radius 1 is 1.11 bits per heavy atom. The minimum Gasteiger partial charge on any atom is -1.00 e. The lowest BCUT2D eigenvalue weighted by Gasteiger charge is -2.36. The van der Waals surface area contributed by atoms with Gasteiger partial charge in [0.15, 0.2) is 17.6 Å². The molecule has 0 bridgehead atoms. The van der Waals surface area contributed by atoms with Gasteiger partial charge in [-0.25, -0.2) is 13.9 Å². The van der Waals surface area contributed by atoms with E-state index in [2.05, 4.69) is 20.8 Å². The molecule has 3 atom stereocenters. The summed E-state index contributed by atoms with van der Waals surface area (Å²) in [4.78, 5) is 13.2. The van der Waals surface area contributed by atoms with E-state index in [9.17, 15) is 18.0 Å². The summed E-state index contributed by atoms with van der Waals surface area (Å²) in [5.74, 6) is 1.62. The van der Waals surface area contributed by atoms with E-state index >= 15 is 0 Å². The first kappa shape index (κ1) is 27.5. The Balaban J connectivity index is 0.00000342. The Labute approximate surface area is 221 Å². The molecule has 1 aromatic heterocycles. The third kappa shape index (κ3) is 5.84. The van der Waals surface area contributed by atoms with Crippen LogP contribution in [0.5, 0.6) is 0 Å². The summed E-state index contributed by atoms with van der Waals surface area (Å²) in [6.07, 6.45) is -1.45. The SMILES string of the molecule is CC(C)[C@@H]1CC[C@@H](C)CC1OC(=O)Cn1c(-c2ccc(C(F)(F)F)cc2)[n+](C)c2ccccc21.[I-]. The topological polar surface area (TPSA) is 35.1 Å². The summed E-state index contributed by atoms with van der Waals surface area (Å²) in [5, 5.41) is 0. The number of fused-ring (bicyclic) bond motifs is 1. The molecular weight excluding hydrogens is 568 g/mol. The second-order valence-electron chi connectivity index (χ2n) is 9.89. The Hall–Kier alpha value is -2.10. The van der Waals surface area contributed by atoms with Gasteiger partial charge in [0.05, 0.1) is 18.2 Å². The number of hydrogen-bond acceptors (Lipinski definition) is 2. The van der Waals surface area contributed by atoms with E-state index in [4.69, 9.17) is 4.74 Å². The molecule has 0 N–H and O–H groups in total. The molecule has 3 aromatic rings. The monoisotopic (exact) mass is 600 g/mol. The zero-order chi connectivity index (χ0) is 24.6. The van der Waals surface area contributed by atoms with Crippen molar-refractivity contribution < 1.29 is 51.2 Å². The average molecular weight is 600 g/mol. The van der Waals surface area contributed by atoms with Gasteiger partial charge in [0.2, 0.25) is 0 Å². The number of aryl methyl sites for hydroxylation is 1. The number of benzene rings is 2. The van der Waals surface area contributed by atoms with Crippen molar-refractivity contribution in [3.8, 4) is 11.4 Å². The molecule has 1 unspecified atom stereocenters. The van der Waals surface area contributed by atoms with Crippen LogP contribution in [0.3, 0.4) is 0 Å². The van der Waals surface area contributed by atoms with Crippen LogP contribution < -0.4 is 28.5 Å². The van der Waals surface area contributed by atoms with Gasteiger partial charge in [-0.2, -0.15) is 13.2 Å². The van der Waals surface area contributed by atoms with Crippen molar-refractivity contribution in [1.82, 2.24) is 4.57 Å². The third-order valence-corrected chi connectivity index (χ3v) is 7.11. The van der Waals surface area contributed by atoms with E-state index in [1.807, 2.05) is 40.4 Å². The highest BCUT2D eigenvalue weighted by Gasteiger charge is 2.35. The van der Waals surface area contributed by atoms with E-state index in [-0.39, 0.29) is 42.6 Å². The summed E-state index contributed by atoms with van der Waals surface area (Å²) < 4.78 is 49.0. The first-order chi connectivity index (χ1) is 16.1. The van der Waals surface area contributed by atoms with Crippen LogP contribution in [0, 0.1) is 17.8 Å². The number of aromatic nitrogens is 2. The Morgan fingerprint density at radius 3 is 2.40 bits per heavy atom. The van der Waals surface area contributed by atoms with Gasteiger partial charge in [-0.1, -0.05) is 39.3 Å². The predicted octanol–water partition coefficient (Wildman–Crippen LogP) is 3.16. The van der Waals surface area contributed by atoms with E-state index in [0.717, 1.165) is 42.4 Å². The second kappa shape index (κ2) is 10.9. The van der Waals surface area contributed by atoms with Crippen molar-refractivity contribution in [2.24, 2.45) is 24.8 Å². The van der Waals surface area contributed by atoms with E-state index in [0.29, 0.717) is 29.1 Å². The molecule has 0 saturated heterocycles. The highest BCUT2D eigenvalue weighted by atomic mass is 127. The molecular formula is C27H32F3IN2O2. The highest BCUT2D eigenvalue weighted by Crippen LogP contribution is 2.36. The van der Waals surface area contributed by atoms with Crippen LogP contribution in [0.25, 0.3) is 22.4 Å². The van der Waals surface area contributed by atoms with E-state index in [1.165, 1.54) is 12.1 Å². The van der Waals surface area contributed by atoms with Crippen molar-refractivity contribution in [2.45, 2.75) is 58.9 Å². The number of hydrogen-bond donors (Lipinski definition) is 0. The van der Waals surface area contributed by atoms with Crippen LogP contribution >= 0.6 is 0 Å². The summed E-state index contributed by atoms with van der Waals surface area (Å²) in [7, 11) is 1.86. The smallest absolute Gasteiger partial charge is 0.416 e. The lowest BCUT2D eigenvalue weighted by Crippen LogP contribution is -3.00. The van der Waals surface area contributed by atoms with Gasteiger partial charge in [0.1, 0.15) is 6.10 Å². The maximum atomic E-state index is 13.2. The van der Waals surface area contributed by atoms with Gasteiger partial charge in [-0.3, -0.25) is 0 Å². The molecule has 1 aliphatic rings. The van der Waals surface area contributed by atoms with Gasteiger partial charge in [-0.15, -0.1) is 0 Å². The van der Waals surface area contributed by atoms with Gasteiger partial charge < -0.3 is 28.7 Å². The lowest BCUT2D eigenvalue weighted by atomic mass is 9.75. The van der Waals surface area contributed by atoms with Crippen LogP contribution in [-0.4, -0.2) is 16.6 Å². The third-order valence-electron chi connectivity index (χ3n) is 7.11. The number of alkyl halides is 3. The number of esters is 1. The fourth-order valence-electron chi connectivity index (χ4n) is 5.29. The fraction of sp³-hybridized carbons (Fsp3) is 0.481. The van der Waals surface area contributed by atoms with Crippen molar-refractivity contribution in [3.05, 3.63) is 54.1 Å². The molecule has 4 nitrogen and oxygen atoms in total. The van der Waals surface area contributed by atoms with Crippen LogP contribution in [0.4, 0.5) is 13.2 Å². The summed E-state index contributed by atoms with van der Waals surface area (Å²) in [5.41, 5.74) is 1.61. The van der Waals surface area contributed by atoms with Crippen molar-refractivity contribution in [2.75, 3.05) is 0 Å². The molecule has 1 fully saturated rings. The minimum atomic E-state index is -4.40. The molecule has 4 rings (SSSR count). The van der Waals surface area contributed by atoms with Gasteiger partial charge in [0.25, 0.3) is 5.82 Å². The van der Waals surface area contributed by atoms with Gasteiger partial charge in [0, 0.05) is 0 Å². The molecule has 1 aliphatic carbocycles. The standard InChI is InChI=1S/C27H32F3N2O2.HI/c1-17(2)21-14-9-18(3)15-24(21)34-25(33)16-32-23-8-6-5-7-22(23)31(4)26(32)19-10-12-20(13-11-19)27(28,29)30;/h5-8,10-13,17-18,21,24H,9,14-16H2,1-4H3;1H/q+1;/p-1/t18-,21+,24?;/m1./s1. The quantitative estimate of drug-likeness (QED) is 0.257. The molecule has 0 amide bonds. The van der Waals surface area contributed by atoms with Crippen molar-refractivity contribution in [1.29, 1.82) is 0 Å². The Kier molecular flexibility index (Phi) is 8.55. The normalized spacial score (nSPS) is 20.6. The fourth-order valence-corrected chi connectivity index (χ4v) is 5.29. The van der Waals surface area contributed by atoms with Crippen LogP contribution in [-0.2, 0) is 29.3 Å². The molecule has 1 saturated carbocycles. The van der Waals surface area contributed by atoms with Gasteiger partial charge >= 0.3 is 12.1 Å². The molecule has 8 heteroatoms. The number of nitrogens with zero attached hydrogens (tertiary/aromatic N) is 2. The maximum absolute atomic E-state index is 13.2. The number of imidazole rings is 1. The molecule has 35 heavy (non-hydrogen) atoms. The Morgan fingerprint density at radius 2 is 1.77 bits per heavy atom. The zero-order valence-corrected chi connectivity index (χ0v) is 22.6. The van der Waals surface area contributed by atoms with Crippen molar-refractivity contribution >= 4 is 17.0 Å². The molecule has 2 aromatic carbocycles. The number of para-hydroxylation sites is 2. The Bertz CT molecular complexity index is 1170. The largest absolute Gasteiger partial charge is 1.00 e. The number of carbonyl (C=O) groups excluding carboxylic acids is 1. The molecule has 0 spiro atoms. The maximum Gasteiger partial charge on any atom is 0.416 e. The number of halogens is 4.